The molecule has 1 aliphatic rings. The van der Waals surface area contributed by atoms with E-state index in [0.717, 1.165) is 0 Å². The average Bonchev–Trinajstić information content (AvgIpc) is 3.44. The third kappa shape index (κ3) is 14.3. The van der Waals surface area contributed by atoms with Gasteiger partial charge in [-0.15, -0.1) is 0 Å². The molecular formula is C25H20MnO2PS3. The van der Waals surface area contributed by atoms with E-state index >= 15 is 0 Å². The van der Waals surface area contributed by atoms with Crippen molar-refractivity contribution in [3.8, 4) is 0 Å². The average molecular weight is 535 g/mol. The fraction of sp³-hybridized carbons (Fsp3) is 0. The van der Waals surface area contributed by atoms with E-state index in [1.807, 2.05) is 66.2 Å². The fourth-order valence-corrected chi connectivity index (χ4v) is 12.2. The van der Waals surface area contributed by atoms with E-state index in [1.54, 1.807) is 0 Å². The van der Waals surface area contributed by atoms with Gasteiger partial charge in [0, 0.05) is 31.8 Å². The van der Waals surface area contributed by atoms with Gasteiger partial charge in [-0.2, -0.15) is 0 Å². The van der Waals surface area contributed by atoms with Gasteiger partial charge in [-0.05, 0) is 68.5 Å². The summed E-state index contributed by atoms with van der Waals surface area (Å²) in [5.74, 6) is 0. The van der Waals surface area contributed by atoms with Crippen LogP contribution in [0.15, 0.2) is 106 Å². The first kappa shape index (κ1) is 31.1. The van der Waals surface area contributed by atoms with Crippen molar-refractivity contribution in [3.05, 3.63) is 136 Å². The van der Waals surface area contributed by atoms with Crippen LogP contribution in [0.2, 0.25) is 0 Å². The van der Waals surface area contributed by atoms with Crippen LogP contribution in [0.3, 0.4) is 0 Å². The first-order valence-corrected chi connectivity index (χ1v) is 14.6. The SMILES string of the molecule is [C-]#[O+].[C-]#[O+].[CH]1[CH][CH][CH][CH]1.[Mn].c1ccc(SP(Sc2ccccc2)Sc2ccccc2)cc1. The molecule has 1 saturated carbocycles. The van der Waals surface area contributed by atoms with Gasteiger partial charge in [0.05, 0.1) is 5.53 Å². The Morgan fingerprint density at radius 3 is 0.875 bits per heavy atom. The van der Waals surface area contributed by atoms with Crippen molar-refractivity contribution in [2.45, 2.75) is 14.7 Å². The Morgan fingerprint density at radius 2 is 0.656 bits per heavy atom. The molecule has 4 rings (SSSR count). The van der Waals surface area contributed by atoms with Crippen LogP contribution in [0.4, 0.5) is 0 Å². The molecule has 0 unspecified atom stereocenters. The van der Waals surface area contributed by atoms with Gasteiger partial charge in [-0.1, -0.05) is 88.7 Å². The van der Waals surface area contributed by atoms with Gasteiger partial charge in [0.1, 0.15) is 0 Å². The minimum atomic E-state index is -0.340. The van der Waals surface area contributed by atoms with Crippen LogP contribution in [0, 0.1) is 45.4 Å². The summed E-state index contributed by atoms with van der Waals surface area (Å²) >= 11 is 5.91. The molecule has 3 aromatic rings. The zero-order valence-corrected chi connectivity index (χ0v) is 21.4. The van der Waals surface area contributed by atoms with Crippen molar-refractivity contribution in [2.24, 2.45) is 0 Å². The second kappa shape index (κ2) is 22.0. The van der Waals surface area contributed by atoms with E-state index in [1.165, 1.54) is 14.7 Å². The van der Waals surface area contributed by atoms with Crippen molar-refractivity contribution in [3.63, 3.8) is 0 Å². The second-order valence-electron chi connectivity index (χ2n) is 5.40. The van der Waals surface area contributed by atoms with Crippen LogP contribution in [-0.2, 0) is 26.4 Å². The van der Waals surface area contributed by atoms with E-state index < -0.39 is 0 Å². The number of rotatable bonds is 6. The Labute approximate surface area is 216 Å². The first-order chi connectivity index (χ1) is 15.4. The maximum Gasteiger partial charge on any atom is 0.0876 e. The largest absolute Gasteiger partial charge is 0.0876 e. The Morgan fingerprint density at radius 1 is 0.438 bits per heavy atom. The van der Waals surface area contributed by atoms with Gasteiger partial charge in [0.2, 0.25) is 0 Å². The molecule has 3 aromatic carbocycles. The molecule has 0 saturated heterocycles. The van der Waals surface area contributed by atoms with E-state index in [2.05, 4.69) is 104 Å². The molecule has 0 amide bonds. The normalized spacial score (nSPS) is 11.3. The summed E-state index contributed by atoms with van der Waals surface area (Å²) in [5.41, 5.74) is -0.340. The van der Waals surface area contributed by atoms with E-state index in [4.69, 9.17) is 9.30 Å². The number of hydrogen-bond donors (Lipinski definition) is 0. The molecule has 1 aliphatic carbocycles. The summed E-state index contributed by atoms with van der Waals surface area (Å²) in [6.07, 6.45) is 10.0. The monoisotopic (exact) mass is 534 g/mol. The molecule has 0 aromatic heterocycles. The molecule has 0 atom stereocenters. The Kier molecular flexibility index (Phi) is 21.4. The van der Waals surface area contributed by atoms with Crippen LogP contribution >= 0.6 is 39.7 Å². The molecule has 2 nitrogen and oxygen atoms in total. The summed E-state index contributed by atoms with van der Waals surface area (Å²) in [5, 5.41) is 0. The van der Waals surface area contributed by atoms with Crippen LogP contribution in [0.5, 0.6) is 0 Å². The van der Waals surface area contributed by atoms with Crippen LogP contribution in [-0.4, -0.2) is 0 Å². The topological polar surface area (TPSA) is 39.8 Å². The van der Waals surface area contributed by atoms with Crippen molar-refractivity contribution in [2.75, 3.05) is 0 Å². The fourth-order valence-electron chi connectivity index (χ4n) is 2.08. The van der Waals surface area contributed by atoms with Crippen LogP contribution in [0.1, 0.15) is 0 Å². The zero-order valence-electron chi connectivity index (χ0n) is 16.9. The molecule has 32 heavy (non-hydrogen) atoms. The molecule has 0 N–H and O–H groups in total. The van der Waals surface area contributed by atoms with E-state index in [-0.39, 0.29) is 22.6 Å². The first-order valence-electron chi connectivity index (χ1n) is 8.97. The quantitative estimate of drug-likeness (QED) is 0.138. The van der Waals surface area contributed by atoms with Gasteiger partial charge in [-0.3, -0.25) is 0 Å². The zero-order chi connectivity index (χ0) is 22.6. The minimum absolute atomic E-state index is 0. The van der Waals surface area contributed by atoms with Gasteiger partial charge in [-0.25, -0.2) is 0 Å². The van der Waals surface area contributed by atoms with E-state index in [0.29, 0.717) is 0 Å². The number of hydrogen-bond acceptors (Lipinski definition) is 3. The summed E-state index contributed by atoms with van der Waals surface area (Å²) in [6, 6.07) is 32.0. The Hall–Kier alpha value is -0.861. The van der Waals surface area contributed by atoms with Crippen LogP contribution in [0.25, 0.3) is 0 Å². The van der Waals surface area contributed by atoms with Gasteiger partial charge >= 0.3 is 22.6 Å². The maximum absolute atomic E-state index is 7.50. The van der Waals surface area contributed by atoms with Gasteiger partial charge < -0.3 is 0 Å². The van der Waals surface area contributed by atoms with Crippen molar-refractivity contribution < 1.29 is 26.4 Å². The maximum atomic E-state index is 7.50. The second-order valence-corrected chi connectivity index (χ2v) is 14.8. The Bertz CT molecular complexity index is 733. The summed E-state index contributed by atoms with van der Waals surface area (Å²) in [7, 11) is 0. The smallest absolute Gasteiger partial charge is 0.0754 e. The van der Waals surface area contributed by atoms with Crippen molar-refractivity contribution >= 4 is 39.7 Å². The minimum Gasteiger partial charge on any atom is -0.0754 e. The molecule has 6 radical (unpaired) electrons. The molecule has 0 heterocycles. The molecule has 1 fully saturated rings. The van der Waals surface area contributed by atoms with E-state index in [9.17, 15) is 0 Å². The molecule has 0 spiro atoms. The summed E-state index contributed by atoms with van der Waals surface area (Å²) in [4.78, 5) is 4.00. The standard InChI is InChI=1S/C18H15PS3.C5H5.2CO.Mn/c1-4-10-16(11-5-1)20-19(21-17-12-6-2-7-13-17)22-18-14-8-3-9-15-18;1-2-4-5-3-1;2*1-2;/h1-15H;1-5H;;;. The summed E-state index contributed by atoms with van der Waals surface area (Å²) < 4.78 is 15.0. The summed E-state index contributed by atoms with van der Waals surface area (Å²) in [6.45, 7) is 9.00. The third-order valence-electron chi connectivity index (χ3n) is 3.33. The molecule has 0 bridgehead atoms. The molecule has 7 heteroatoms. The molecule has 0 aliphatic heterocycles. The molecular weight excluding hydrogens is 514 g/mol. The van der Waals surface area contributed by atoms with Gasteiger partial charge in [0.25, 0.3) is 0 Å². The van der Waals surface area contributed by atoms with Crippen molar-refractivity contribution in [1.82, 2.24) is 0 Å². The Balaban J connectivity index is 0.000000822. The van der Waals surface area contributed by atoms with Crippen LogP contribution < -0.4 is 0 Å². The van der Waals surface area contributed by atoms with Crippen molar-refractivity contribution in [1.29, 1.82) is 0 Å². The molecule has 162 valence electrons. The van der Waals surface area contributed by atoms with Gasteiger partial charge in [0.15, 0.2) is 0 Å². The third-order valence-corrected chi connectivity index (χ3v) is 12.5. The number of benzene rings is 3. The predicted molar refractivity (Wildman–Crippen MR) is 133 cm³/mol. The predicted octanol–water partition coefficient (Wildman–Crippen LogP) is 8.53.